The maximum atomic E-state index is 13.3. The van der Waals surface area contributed by atoms with Gasteiger partial charge in [0.05, 0.1) is 28.7 Å². The zero-order chi connectivity index (χ0) is 24.8. The zero-order valence-corrected chi connectivity index (χ0v) is 17.8. The van der Waals surface area contributed by atoms with Gasteiger partial charge in [0.15, 0.2) is 15.0 Å². The van der Waals surface area contributed by atoms with Gasteiger partial charge in [0.2, 0.25) is 0 Å². The van der Waals surface area contributed by atoms with Crippen molar-refractivity contribution in [2.75, 3.05) is 29.6 Å². The molecule has 2 fully saturated rings. The van der Waals surface area contributed by atoms with Gasteiger partial charge in [-0.15, -0.1) is 0 Å². The first-order valence-corrected chi connectivity index (χ1v) is 11.6. The van der Waals surface area contributed by atoms with Crippen LogP contribution in [0.4, 0.5) is 32.0 Å². The molecule has 1 amide bonds. The molecule has 0 bridgehead atoms. The molecule has 2 aliphatic heterocycles. The SMILES string of the molecule is O=C(O)COCC(=O)N=C1S[C@@H]2CS(=O)(=O)C[C@H]2N1c1cc(C(F)(F)F)cc(C(F)(F)F)c1. The number of benzene rings is 1. The number of rotatable bonds is 5. The van der Waals surface area contributed by atoms with Crippen LogP contribution < -0.4 is 4.90 Å². The van der Waals surface area contributed by atoms with Crippen LogP contribution in [0, 0.1) is 0 Å². The Bertz CT molecular complexity index is 1070. The summed E-state index contributed by atoms with van der Waals surface area (Å²) in [5.74, 6) is -3.40. The van der Waals surface area contributed by atoms with Gasteiger partial charge >= 0.3 is 18.3 Å². The summed E-state index contributed by atoms with van der Waals surface area (Å²) in [4.78, 5) is 27.0. The molecule has 33 heavy (non-hydrogen) atoms. The normalized spacial score (nSPS) is 23.7. The monoisotopic (exact) mass is 520 g/mol. The van der Waals surface area contributed by atoms with Gasteiger partial charge in [0.25, 0.3) is 5.91 Å². The first-order valence-electron chi connectivity index (χ1n) is 8.94. The summed E-state index contributed by atoms with van der Waals surface area (Å²) < 4.78 is 108. The smallest absolute Gasteiger partial charge is 0.416 e. The van der Waals surface area contributed by atoms with Crippen LogP contribution in [0.5, 0.6) is 0 Å². The summed E-state index contributed by atoms with van der Waals surface area (Å²) >= 11 is 0.723. The highest BCUT2D eigenvalue weighted by Gasteiger charge is 2.50. The van der Waals surface area contributed by atoms with Crippen molar-refractivity contribution in [1.29, 1.82) is 0 Å². The lowest BCUT2D eigenvalue weighted by atomic mass is 10.1. The van der Waals surface area contributed by atoms with Gasteiger partial charge in [0, 0.05) is 10.9 Å². The fourth-order valence-corrected chi connectivity index (χ4v) is 7.24. The Morgan fingerprint density at radius 2 is 1.64 bits per heavy atom. The number of hydrogen-bond acceptors (Lipinski definition) is 6. The van der Waals surface area contributed by atoms with Crippen LogP contribution in [-0.2, 0) is 36.5 Å². The minimum absolute atomic E-state index is 0.0721. The van der Waals surface area contributed by atoms with E-state index in [1.165, 1.54) is 0 Å². The summed E-state index contributed by atoms with van der Waals surface area (Å²) in [5.41, 5.74) is -3.86. The van der Waals surface area contributed by atoms with Crippen molar-refractivity contribution in [3.63, 3.8) is 0 Å². The summed E-state index contributed by atoms with van der Waals surface area (Å²) in [7, 11) is -3.64. The second-order valence-corrected chi connectivity index (χ2v) is 10.5. The number of sulfone groups is 1. The Morgan fingerprint density at radius 3 is 2.15 bits per heavy atom. The fourth-order valence-electron chi connectivity index (χ4n) is 3.31. The molecule has 2 atom stereocenters. The molecular weight excluding hydrogens is 506 g/mol. The number of carboxylic acids is 1. The molecule has 2 saturated heterocycles. The van der Waals surface area contributed by atoms with E-state index in [9.17, 15) is 44.3 Å². The second kappa shape index (κ2) is 8.79. The molecule has 0 unspecified atom stereocenters. The van der Waals surface area contributed by atoms with E-state index in [0.29, 0.717) is 12.1 Å². The molecular formula is C17H14F6N2O6S2. The summed E-state index contributed by atoms with van der Waals surface area (Å²) in [6.07, 6.45) is -10.3. The topological polar surface area (TPSA) is 113 Å². The van der Waals surface area contributed by atoms with Gasteiger partial charge in [-0.1, -0.05) is 11.8 Å². The maximum Gasteiger partial charge on any atom is 0.416 e. The molecule has 1 aromatic rings. The second-order valence-electron chi connectivity index (χ2n) is 7.11. The van der Waals surface area contributed by atoms with Crippen LogP contribution in [0.1, 0.15) is 11.1 Å². The number of aliphatic carboxylic acids is 1. The minimum atomic E-state index is -5.14. The molecule has 16 heteroatoms. The van der Waals surface area contributed by atoms with Crippen molar-refractivity contribution in [2.45, 2.75) is 23.6 Å². The van der Waals surface area contributed by atoms with Gasteiger partial charge < -0.3 is 14.7 Å². The highest BCUT2D eigenvalue weighted by Crippen LogP contribution is 2.44. The summed E-state index contributed by atoms with van der Waals surface area (Å²) in [6.45, 7) is -1.65. The molecule has 0 aromatic heterocycles. The number of anilines is 1. The van der Waals surface area contributed by atoms with Gasteiger partial charge in [0.1, 0.15) is 13.2 Å². The van der Waals surface area contributed by atoms with Gasteiger partial charge in [-0.05, 0) is 18.2 Å². The largest absolute Gasteiger partial charge is 0.480 e. The molecule has 0 spiro atoms. The van der Waals surface area contributed by atoms with Crippen LogP contribution in [0.3, 0.4) is 0 Å². The molecule has 1 aromatic carbocycles. The van der Waals surface area contributed by atoms with E-state index in [2.05, 4.69) is 9.73 Å². The van der Waals surface area contributed by atoms with E-state index in [1.807, 2.05) is 0 Å². The van der Waals surface area contributed by atoms with E-state index >= 15 is 0 Å². The van der Waals surface area contributed by atoms with E-state index in [1.54, 1.807) is 0 Å². The van der Waals surface area contributed by atoms with E-state index in [4.69, 9.17) is 5.11 Å². The molecule has 2 heterocycles. The highest BCUT2D eigenvalue weighted by molar-refractivity contribution is 8.16. The van der Waals surface area contributed by atoms with Crippen LogP contribution in [0.2, 0.25) is 0 Å². The third-order valence-corrected chi connectivity index (χ3v) is 7.80. The number of hydrogen-bond donors (Lipinski definition) is 1. The first-order chi connectivity index (χ1) is 15.1. The average Bonchev–Trinajstić information content (AvgIpc) is 3.10. The van der Waals surface area contributed by atoms with Crippen molar-refractivity contribution in [3.05, 3.63) is 29.3 Å². The zero-order valence-electron chi connectivity index (χ0n) is 16.2. The van der Waals surface area contributed by atoms with Gasteiger partial charge in [-0.25, -0.2) is 13.2 Å². The number of alkyl halides is 6. The third kappa shape index (κ3) is 5.97. The van der Waals surface area contributed by atoms with Crippen LogP contribution >= 0.6 is 11.8 Å². The number of nitrogens with zero attached hydrogens (tertiary/aromatic N) is 2. The molecule has 8 nitrogen and oxygen atoms in total. The lowest BCUT2D eigenvalue weighted by Gasteiger charge is -2.26. The summed E-state index contributed by atoms with van der Waals surface area (Å²) in [5, 5.41) is 7.42. The molecule has 0 aliphatic carbocycles. The number of carboxylic acid groups (broad SMARTS) is 1. The number of amidine groups is 1. The Hall–Kier alpha value is -2.33. The Balaban J connectivity index is 2.06. The number of halogens is 6. The number of carbonyl (C=O) groups excluding carboxylic acids is 1. The number of aliphatic imine (C=N–C) groups is 1. The van der Waals surface area contributed by atoms with E-state index in [0.717, 1.165) is 16.7 Å². The lowest BCUT2D eigenvalue weighted by molar-refractivity contribution is -0.144. The number of thioether (sulfide) groups is 1. The number of fused-ring (bicyclic) bond motifs is 1. The first kappa shape index (κ1) is 25.3. The average molecular weight is 520 g/mol. The minimum Gasteiger partial charge on any atom is -0.480 e. The molecule has 3 rings (SSSR count). The molecule has 0 radical (unpaired) electrons. The van der Waals surface area contributed by atoms with Gasteiger partial charge in [-0.3, -0.25) is 4.79 Å². The molecule has 0 saturated carbocycles. The number of ether oxygens (including phenoxy) is 1. The molecule has 2 aliphatic rings. The third-order valence-electron chi connectivity index (χ3n) is 4.59. The van der Waals surface area contributed by atoms with Crippen molar-refractivity contribution < 1.29 is 54.2 Å². The van der Waals surface area contributed by atoms with Crippen molar-refractivity contribution in [2.24, 2.45) is 4.99 Å². The van der Waals surface area contributed by atoms with Crippen LogP contribution in [0.25, 0.3) is 0 Å². The maximum absolute atomic E-state index is 13.3. The molecule has 1 N–H and O–H groups in total. The lowest BCUT2D eigenvalue weighted by Crippen LogP contribution is -2.38. The molecule has 182 valence electrons. The predicted molar refractivity (Wildman–Crippen MR) is 104 cm³/mol. The van der Waals surface area contributed by atoms with E-state index in [-0.39, 0.29) is 11.2 Å². The predicted octanol–water partition coefficient (Wildman–Crippen LogP) is 2.43. The Morgan fingerprint density at radius 1 is 1.06 bits per heavy atom. The van der Waals surface area contributed by atoms with Crippen molar-refractivity contribution in [3.8, 4) is 0 Å². The quantitative estimate of drug-likeness (QED) is 0.590. The fraction of sp³-hybridized carbons (Fsp3) is 0.471. The summed E-state index contributed by atoms with van der Waals surface area (Å²) in [6, 6.07) is -0.290. The van der Waals surface area contributed by atoms with Crippen molar-refractivity contribution in [1.82, 2.24) is 0 Å². The Kier molecular flexibility index (Phi) is 6.74. The van der Waals surface area contributed by atoms with Crippen LogP contribution in [-0.4, -0.2) is 66.6 Å². The Labute approximate surface area is 186 Å². The van der Waals surface area contributed by atoms with E-state index < -0.39 is 86.9 Å². The highest BCUT2D eigenvalue weighted by atomic mass is 32.2. The van der Waals surface area contributed by atoms with Crippen LogP contribution in [0.15, 0.2) is 23.2 Å². The van der Waals surface area contributed by atoms with Crippen molar-refractivity contribution >= 4 is 44.3 Å². The number of carbonyl (C=O) groups is 2. The van der Waals surface area contributed by atoms with Gasteiger partial charge in [-0.2, -0.15) is 31.3 Å². The standard InChI is InChI=1S/C17H14F6N2O6S2/c18-16(19,20)8-1-9(17(21,22)23)3-10(2-8)25-11-6-33(29,30)7-12(11)32-15(25)24-13(26)4-31-5-14(27)28/h1-3,11-12H,4-7H2,(H,27,28)/t11-,12-/m1/s1. The number of amides is 1.